The van der Waals surface area contributed by atoms with Crippen LogP contribution in [0.25, 0.3) is 22.2 Å². The quantitative estimate of drug-likeness (QED) is 0.737. The predicted molar refractivity (Wildman–Crippen MR) is 93.7 cm³/mol. The first kappa shape index (κ1) is 15.4. The summed E-state index contributed by atoms with van der Waals surface area (Å²) in [5.41, 5.74) is 5.08. The number of aryl methyl sites for hydroxylation is 1. The van der Waals surface area contributed by atoms with Crippen LogP contribution in [0.15, 0.2) is 42.6 Å². The molecule has 0 spiro atoms. The number of nitrogens with zero attached hydrogens (tertiary/aromatic N) is 3. The van der Waals surface area contributed by atoms with E-state index >= 15 is 0 Å². The van der Waals surface area contributed by atoms with Crippen LogP contribution in [0.5, 0.6) is 5.75 Å². The Balaban J connectivity index is 2.09. The molecule has 2 heterocycles. The van der Waals surface area contributed by atoms with Crippen LogP contribution >= 0.6 is 0 Å². The molecule has 0 aliphatic carbocycles. The van der Waals surface area contributed by atoms with Crippen molar-refractivity contribution in [2.75, 3.05) is 21.2 Å². The van der Waals surface area contributed by atoms with E-state index in [0.717, 1.165) is 40.1 Å². The van der Waals surface area contributed by atoms with Crippen molar-refractivity contribution in [1.29, 1.82) is 0 Å². The van der Waals surface area contributed by atoms with Gasteiger partial charge >= 0.3 is 0 Å². The molecule has 4 nitrogen and oxygen atoms in total. The Hall–Kier alpha value is -2.46. The molecular weight excluding hydrogens is 286 g/mol. The first-order valence-corrected chi connectivity index (χ1v) is 7.63. The van der Waals surface area contributed by atoms with Gasteiger partial charge in [-0.05, 0) is 50.8 Å². The average Bonchev–Trinajstić information content (AvgIpc) is 2.54. The average molecular weight is 307 g/mol. The Morgan fingerprint density at radius 2 is 1.87 bits per heavy atom. The molecule has 3 rings (SSSR count). The molecule has 4 heteroatoms. The highest BCUT2D eigenvalue weighted by atomic mass is 16.5. The van der Waals surface area contributed by atoms with Crippen molar-refractivity contribution in [3.05, 3.63) is 53.9 Å². The van der Waals surface area contributed by atoms with Gasteiger partial charge in [0, 0.05) is 29.4 Å². The smallest absolute Gasteiger partial charge is 0.145 e. The molecule has 0 N–H and O–H groups in total. The molecule has 0 bridgehead atoms. The molecule has 2 aromatic heterocycles. The second-order valence-electron chi connectivity index (χ2n) is 5.95. The van der Waals surface area contributed by atoms with E-state index in [0.29, 0.717) is 0 Å². The van der Waals surface area contributed by atoms with Crippen LogP contribution in [-0.2, 0) is 6.54 Å². The Labute approximate surface area is 136 Å². The fourth-order valence-corrected chi connectivity index (χ4v) is 2.72. The zero-order valence-corrected chi connectivity index (χ0v) is 14.0. The topological polar surface area (TPSA) is 38.2 Å². The van der Waals surface area contributed by atoms with E-state index in [4.69, 9.17) is 4.74 Å². The first-order valence-electron chi connectivity index (χ1n) is 7.63. The summed E-state index contributed by atoms with van der Waals surface area (Å²) in [6.45, 7) is 2.87. The van der Waals surface area contributed by atoms with Crippen LogP contribution in [0.3, 0.4) is 0 Å². The van der Waals surface area contributed by atoms with E-state index < -0.39 is 0 Å². The normalized spacial score (nSPS) is 11.2. The van der Waals surface area contributed by atoms with Crippen molar-refractivity contribution in [3.8, 4) is 17.0 Å². The number of pyridine rings is 2. The van der Waals surface area contributed by atoms with Gasteiger partial charge in [0.1, 0.15) is 11.3 Å². The van der Waals surface area contributed by atoms with Gasteiger partial charge < -0.3 is 9.64 Å². The Morgan fingerprint density at radius 3 is 2.52 bits per heavy atom. The maximum atomic E-state index is 5.45. The summed E-state index contributed by atoms with van der Waals surface area (Å²) in [7, 11) is 5.78. The van der Waals surface area contributed by atoms with Crippen molar-refractivity contribution in [2.45, 2.75) is 13.5 Å². The third-order valence-corrected chi connectivity index (χ3v) is 3.78. The molecule has 0 atom stereocenters. The van der Waals surface area contributed by atoms with E-state index in [9.17, 15) is 0 Å². The summed E-state index contributed by atoms with van der Waals surface area (Å²) in [4.78, 5) is 11.4. The minimum atomic E-state index is 0.789. The Morgan fingerprint density at radius 1 is 1.04 bits per heavy atom. The lowest BCUT2D eigenvalue weighted by molar-refractivity contribution is 0.402. The minimum absolute atomic E-state index is 0.789. The van der Waals surface area contributed by atoms with Gasteiger partial charge in [-0.2, -0.15) is 0 Å². The highest BCUT2D eigenvalue weighted by Crippen LogP contribution is 2.32. The van der Waals surface area contributed by atoms with Crippen LogP contribution in [-0.4, -0.2) is 36.1 Å². The maximum Gasteiger partial charge on any atom is 0.145 e. The lowest BCUT2D eigenvalue weighted by Gasteiger charge is -2.12. The second-order valence-corrected chi connectivity index (χ2v) is 5.95. The van der Waals surface area contributed by atoms with E-state index in [1.807, 2.05) is 31.3 Å². The third kappa shape index (κ3) is 3.17. The molecule has 0 fully saturated rings. The third-order valence-electron chi connectivity index (χ3n) is 3.78. The van der Waals surface area contributed by atoms with Crippen molar-refractivity contribution in [2.24, 2.45) is 0 Å². The molecule has 0 radical (unpaired) electrons. The summed E-state index contributed by atoms with van der Waals surface area (Å²) < 4.78 is 5.45. The lowest BCUT2D eigenvalue weighted by Crippen LogP contribution is -2.10. The van der Waals surface area contributed by atoms with Crippen LogP contribution < -0.4 is 4.74 Å². The van der Waals surface area contributed by atoms with Gasteiger partial charge in [0.25, 0.3) is 0 Å². The van der Waals surface area contributed by atoms with Gasteiger partial charge in [0.05, 0.1) is 12.8 Å². The largest absolute Gasteiger partial charge is 0.494 e. The highest BCUT2D eigenvalue weighted by Gasteiger charge is 2.11. The summed E-state index contributed by atoms with van der Waals surface area (Å²) in [6.07, 6.45) is 1.94. The van der Waals surface area contributed by atoms with Crippen molar-refractivity contribution < 1.29 is 4.74 Å². The van der Waals surface area contributed by atoms with Gasteiger partial charge in [-0.25, -0.2) is 4.98 Å². The van der Waals surface area contributed by atoms with Gasteiger partial charge in [0.2, 0.25) is 0 Å². The molecule has 23 heavy (non-hydrogen) atoms. The Bertz CT molecular complexity index is 826. The maximum absolute atomic E-state index is 5.45. The molecule has 3 aromatic rings. The summed E-state index contributed by atoms with van der Waals surface area (Å²) in [5.74, 6) is 0.789. The molecule has 0 saturated carbocycles. The monoisotopic (exact) mass is 307 g/mol. The zero-order chi connectivity index (χ0) is 16.4. The lowest BCUT2D eigenvalue weighted by atomic mass is 10.0. The fraction of sp³-hybridized carbons (Fsp3) is 0.263. The number of rotatable bonds is 4. The van der Waals surface area contributed by atoms with Gasteiger partial charge in [0.15, 0.2) is 0 Å². The van der Waals surface area contributed by atoms with Crippen LogP contribution in [0.2, 0.25) is 0 Å². The molecule has 0 unspecified atom stereocenters. The number of hydrogen-bond acceptors (Lipinski definition) is 4. The number of fused-ring (bicyclic) bond motifs is 1. The van der Waals surface area contributed by atoms with Crippen LogP contribution in [0, 0.1) is 6.92 Å². The number of benzene rings is 1. The Kier molecular flexibility index (Phi) is 4.26. The van der Waals surface area contributed by atoms with Gasteiger partial charge in [-0.3, -0.25) is 4.98 Å². The number of methoxy groups -OCH3 is 1. The fourth-order valence-electron chi connectivity index (χ4n) is 2.72. The van der Waals surface area contributed by atoms with E-state index in [1.165, 1.54) is 5.56 Å². The van der Waals surface area contributed by atoms with Crippen molar-refractivity contribution in [1.82, 2.24) is 14.9 Å². The van der Waals surface area contributed by atoms with E-state index in [-0.39, 0.29) is 0 Å². The summed E-state index contributed by atoms with van der Waals surface area (Å²) >= 11 is 0. The number of hydrogen-bond donors (Lipinski definition) is 0. The molecule has 0 amide bonds. The zero-order valence-electron chi connectivity index (χ0n) is 14.0. The van der Waals surface area contributed by atoms with E-state index in [2.05, 4.69) is 47.2 Å². The first-order chi connectivity index (χ1) is 11.1. The predicted octanol–water partition coefficient (Wildman–Crippen LogP) is 3.68. The van der Waals surface area contributed by atoms with Crippen molar-refractivity contribution >= 4 is 10.9 Å². The van der Waals surface area contributed by atoms with Gasteiger partial charge in [-0.1, -0.05) is 12.1 Å². The molecule has 0 aliphatic heterocycles. The van der Waals surface area contributed by atoms with Gasteiger partial charge in [-0.15, -0.1) is 0 Å². The minimum Gasteiger partial charge on any atom is -0.494 e. The molecule has 0 saturated heterocycles. The number of aromatic nitrogens is 2. The standard InChI is InChI=1S/C19H21N3O/c1-13-5-7-16-15(8-10-18(23-4)19(16)21-13)17-9-6-14(11-20-17)12-22(2)3/h5-11H,12H2,1-4H3. The highest BCUT2D eigenvalue weighted by molar-refractivity contribution is 5.97. The molecule has 1 aromatic carbocycles. The molecule has 118 valence electrons. The van der Waals surface area contributed by atoms with Crippen LogP contribution in [0.4, 0.5) is 0 Å². The second kappa shape index (κ2) is 6.34. The molecular formula is C19H21N3O. The van der Waals surface area contributed by atoms with Crippen LogP contribution in [0.1, 0.15) is 11.3 Å². The van der Waals surface area contributed by atoms with E-state index in [1.54, 1.807) is 7.11 Å². The number of ether oxygens (including phenoxy) is 1. The molecule has 0 aliphatic rings. The van der Waals surface area contributed by atoms with Crippen molar-refractivity contribution in [3.63, 3.8) is 0 Å². The summed E-state index contributed by atoms with van der Waals surface area (Å²) in [6, 6.07) is 12.3. The SMILES string of the molecule is COc1ccc(-c2ccc(CN(C)C)cn2)c2ccc(C)nc12. The summed E-state index contributed by atoms with van der Waals surface area (Å²) in [5, 5.41) is 1.06.